The van der Waals surface area contributed by atoms with Gasteiger partial charge in [0.15, 0.2) is 5.65 Å². The molecule has 1 aromatic carbocycles. The summed E-state index contributed by atoms with van der Waals surface area (Å²) in [6.07, 6.45) is 6.79. The van der Waals surface area contributed by atoms with Gasteiger partial charge in [0.05, 0.1) is 34.4 Å². The van der Waals surface area contributed by atoms with Crippen LogP contribution in [0.2, 0.25) is 0 Å². The zero-order valence-electron chi connectivity index (χ0n) is 18.7. The van der Waals surface area contributed by atoms with E-state index in [0.717, 1.165) is 5.56 Å². The third-order valence-corrected chi connectivity index (χ3v) is 5.35. The quantitative estimate of drug-likeness (QED) is 0.403. The van der Waals surface area contributed by atoms with Gasteiger partial charge >= 0.3 is 0 Å². The van der Waals surface area contributed by atoms with Crippen molar-refractivity contribution in [3.05, 3.63) is 87.6 Å². The monoisotopic (exact) mass is 452 g/mol. The van der Waals surface area contributed by atoms with Crippen LogP contribution < -0.4 is 10.9 Å². The van der Waals surface area contributed by atoms with Gasteiger partial charge in [-0.15, -0.1) is 0 Å². The van der Waals surface area contributed by atoms with Crippen molar-refractivity contribution in [3.8, 4) is 11.8 Å². The topological polar surface area (TPSA) is 123 Å². The van der Waals surface area contributed by atoms with Crippen molar-refractivity contribution < 1.29 is 4.79 Å². The summed E-state index contributed by atoms with van der Waals surface area (Å²) in [4.78, 5) is 37.6. The van der Waals surface area contributed by atoms with Gasteiger partial charge in [0.25, 0.3) is 11.5 Å². The number of rotatable bonds is 3. The van der Waals surface area contributed by atoms with Crippen molar-refractivity contribution in [2.24, 2.45) is 7.05 Å². The molecule has 5 rings (SSSR count). The number of amides is 1. The normalized spacial score (nSPS) is 11.9. The van der Waals surface area contributed by atoms with Crippen molar-refractivity contribution in [3.63, 3.8) is 0 Å². The number of aromatic nitrogens is 7. The molecule has 0 spiro atoms. The maximum atomic E-state index is 13.0. The average Bonchev–Trinajstić information content (AvgIpc) is 3.38. The maximum absolute atomic E-state index is 13.0. The highest BCUT2D eigenvalue weighted by Crippen LogP contribution is 2.17. The summed E-state index contributed by atoms with van der Waals surface area (Å²) in [5.41, 5.74) is 2.86. The Morgan fingerprint density at radius 1 is 1.24 bits per heavy atom. The Kier molecular flexibility index (Phi) is 5.14. The van der Waals surface area contributed by atoms with Crippen LogP contribution >= 0.6 is 0 Å². The lowest BCUT2D eigenvalue weighted by Crippen LogP contribution is -2.30. The van der Waals surface area contributed by atoms with Gasteiger partial charge in [-0.05, 0) is 32.0 Å². The second-order valence-corrected chi connectivity index (χ2v) is 7.85. The minimum Gasteiger partial charge on any atom is -0.342 e. The summed E-state index contributed by atoms with van der Waals surface area (Å²) < 4.78 is 3.22. The van der Waals surface area contributed by atoms with Gasteiger partial charge in [-0.2, -0.15) is 10.2 Å². The SMILES string of the molecule is Cc1nn2cccnc2c1C(=O)NC(C)c1nc2cccc(C#Cc3cnn(C)c3)c2c(=O)[nH]1. The smallest absolute Gasteiger partial charge is 0.260 e. The van der Waals surface area contributed by atoms with Gasteiger partial charge in [-0.25, -0.2) is 14.5 Å². The average molecular weight is 452 g/mol. The molecular weight excluding hydrogens is 432 g/mol. The Labute approximate surface area is 193 Å². The fourth-order valence-electron chi connectivity index (χ4n) is 3.74. The van der Waals surface area contributed by atoms with Crippen LogP contribution in [0.15, 0.2) is 53.8 Å². The first kappa shape index (κ1) is 21.1. The lowest BCUT2D eigenvalue weighted by atomic mass is 10.1. The minimum atomic E-state index is -0.562. The molecule has 0 aliphatic carbocycles. The number of nitrogens with zero attached hydrogens (tertiary/aromatic N) is 6. The van der Waals surface area contributed by atoms with Crippen molar-refractivity contribution in [1.29, 1.82) is 0 Å². The molecule has 1 atom stereocenters. The largest absolute Gasteiger partial charge is 0.342 e. The maximum Gasteiger partial charge on any atom is 0.260 e. The van der Waals surface area contributed by atoms with Crippen LogP contribution in [0, 0.1) is 18.8 Å². The Morgan fingerprint density at radius 3 is 2.88 bits per heavy atom. The van der Waals surface area contributed by atoms with Crippen molar-refractivity contribution in [2.45, 2.75) is 19.9 Å². The van der Waals surface area contributed by atoms with Crippen LogP contribution in [0.1, 0.15) is 46.0 Å². The van der Waals surface area contributed by atoms with Gasteiger partial charge in [-0.3, -0.25) is 14.3 Å². The third-order valence-electron chi connectivity index (χ3n) is 5.35. The molecular formula is C24H20N8O2. The van der Waals surface area contributed by atoms with E-state index in [2.05, 4.69) is 42.3 Å². The number of fused-ring (bicyclic) bond motifs is 2. The number of aromatic amines is 1. The summed E-state index contributed by atoms with van der Waals surface area (Å²) in [5, 5.41) is 11.7. The molecule has 0 fully saturated rings. The van der Waals surface area contributed by atoms with E-state index in [4.69, 9.17) is 0 Å². The van der Waals surface area contributed by atoms with Gasteiger partial charge in [0, 0.05) is 31.2 Å². The van der Waals surface area contributed by atoms with Crippen LogP contribution in [0.3, 0.4) is 0 Å². The molecule has 34 heavy (non-hydrogen) atoms. The summed E-state index contributed by atoms with van der Waals surface area (Å²) in [6, 6.07) is 6.49. The molecule has 0 saturated carbocycles. The van der Waals surface area contributed by atoms with E-state index in [1.807, 2.05) is 7.05 Å². The number of nitrogens with one attached hydrogen (secondary N) is 2. The number of carbonyl (C=O) groups excluding carboxylic acids is 1. The zero-order chi connectivity index (χ0) is 23.8. The predicted molar refractivity (Wildman–Crippen MR) is 125 cm³/mol. The van der Waals surface area contributed by atoms with Gasteiger partial charge in [0.2, 0.25) is 0 Å². The Hall–Kier alpha value is -4.78. The fraction of sp³-hybridized carbons (Fsp3) is 0.167. The van der Waals surface area contributed by atoms with Crippen LogP contribution in [0.4, 0.5) is 0 Å². The number of hydrogen-bond donors (Lipinski definition) is 2. The molecule has 5 aromatic rings. The van der Waals surface area contributed by atoms with Crippen LogP contribution in [-0.4, -0.2) is 40.3 Å². The van der Waals surface area contributed by atoms with E-state index < -0.39 is 6.04 Å². The molecule has 4 heterocycles. The molecule has 10 heteroatoms. The lowest BCUT2D eigenvalue weighted by molar-refractivity contribution is 0.0939. The van der Waals surface area contributed by atoms with E-state index >= 15 is 0 Å². The summed E-state index contributed by atoms with van der Waals surface area (Å²) >= 11 is 0. The van der Waals surface area contributed by atoms with E-state index in [-0.39, 0.29) is 11.5 Å². The highest BCUT2D eigenvalue weighted by molar-refractivity contribution is 6.01. The van der Waals surface area contributed by atoms with Crippen molar-refractivity contribution >= 4 is 22.5 Å². The van der Waals surface area contributed by atoms with Gasteiger partial charge in [0.1, 0.15) is 11.4 Å². The standard InChI is InChI=1S/C24H20N8O2/c1-14-19(22-25-10-5-11-32(22)30-14)23(33)27-15(2)21-28-18-7-4-6-17(20(18)24(34)29-21)9-8-16-12-26-31(3)13-16/h4-7,10-13,15H,1-3H3,(H,27,33)(H,28,29,34). The highest BCUT2D eigenvalue weighted by atomic mass is 16.2. The highest BCUT2D eigenvalue weighted by Gasteiger charge is 2.21. The first-order valence-corrected chi connectivity index (χ1v) is 10.5. The number of benzene rings is 1. The number of carbonyl (C=O) groups is 1. The molecule has 1 amide bonds. The van der Waals surface area contributed by atoms with Crippen LogP contribution in [0.5, 0.6) is 0 Å². The molecule has 0 saturated heterocycles. The summed E-state index contributed by atoms with van der Waals surface area (Å²) in [6.45, 7) is 3.50. The number of hydrogen-bond acceptors (Lipinski definition) is 6. The van der Waals surface area contributed by atoms with E-state index in [1.165, 1.54) is 0 Å². The van der Waals surface area contributed by atoms with Gasteiger partial charge in [-0.1, -0.05) is 17.9 Å². The number of H-pyrrole nitrogens is 1. The predicted octanol–water partition coefficient (Wildman–Crippen LogP) is 1.90. The molecule has 0 aliphatic heterocycles. The second kappa shape index (κ2) is 8.29. The first-order valence-electron chi connectivity index (χ1n) is 10.5. The van der Waals surface area contributed by atoms with E-state index in [0.29, 0.717) is 39.2 Å². The Bertz CT molecular complexity index is 1680. The number of aryl methyl sites for hydroxylation is 2. The molecule has 10 nitrogen and oxygen atoms in total. The molecule has 2 N–H and O–H groups in total. The van der Waals surface area contributed by atoms with E-state index in [9.17, 15) is 9.59 Å². The third kappa shape index (κ3) is 3.80. The molecule has 0 bridgehead atoms. The van der Waals surface area contributed by atoms with Crippen LogP contribution in [-0.2, 0) is 7.05 Å². The lowest BCUT2D eigenvalue weighted by Gasteiger charge is -2.14. The Balaban J connectivity index is 1.46. The molecule has 1 unspecified atom stereocenters. The summed E-state index contributed by atoms with van der Waals surface area (Å²) in [5.74, 6) is 6.04. The van der Waals surface area contributed by atoms with E-state index in [1.54, 1.807) is 72.1 Å². The van der Waals surface area contributed by atoms with Crippen molar-refractivity contribution in [1.82, 2.24) is 39.7 Å². The Morgan fingerprint density at radius 2 is 2.09 bits per heavy atom. The van der Waals surface area contributed by atoms with Gasteiger partial charge < -0.3 is 10.3 Å². The molecule has 0 radical (unpaired) electrons. The fourth-order valence-corrected chi connectivity index (χ4v) is 3.74. The minimum absolute atomic E-state index is 0.328. The first-order chi connectivity index (χ1) is 16.4. The van der Waals surface area contributed by atoms with Crippen molar-refractivity contribution in [2.75, 3.05) is 0 Å². The molecule has 0 aliphatic rings. The van der Waals surface area contributed by atoms with Crippen LogP contribution in [0.25, 0.3) is 16.6 Å². The second-order valence-electron chi connectivity index (χ2n) is 7.85. The summed E-state index contributed by atoms with van der Waals surface area (Å²) in [7, 11) is 1.81. The molecule has 4 aromatic heterocycles. The molecule has 168 valence electrons. The zero-order valence-corrected chi connectivity index (χ0v) is 18.7.